The Morgan fingerprint density at radius 3 is 1.77 bits per heavy atom. The van der Waals surface area contributed by atoms with Crippen LogP contribution in [0.2, 0.25) is 0 Å². The lowest BCUT2D eigenvalue weighted by Crippen LogP contribution is -2.33. The number of hydrogen-bond acceptors (Lipinski definition) is 3. The molecule has 0 aromatic heterocycles. The molecule has 0 spiro atoms. The number of rotatable bonds is 6. The Bertz CT molecular complexity index is 2080. The average molecular weight is 556 g/mol. The molecule has 0 aliphatic heterocycles. The fourth-order valence-corrected chi connectivity index (χ4v) is 5.85. The van der Waals surface area contributed by atoms with Gasteiger partial charge in [0.15, 0.2) is 0 Å². The second-order valence-corrected chi connectivity index (χ2v) is 11.1. The van der Waals surface area contributed by atoms with Crippen molar-refractivity contribution in [2.45, 2.75) is 20.4 Å². The number of benzene rings is 6. The van der Waals surface area contributed by atoms with Gasteiger partial charge in [0.25, 0.3) is 0 Å². The van der Waals surface area contributed by atoms with Gasteiger partial charge in [-0.2, -0.15) is 10.5 Å². The quantitative estimate of drug-likeness (QED) is 0.117. The Balaban J connectivity index is 1.30. The molecule has 0 heterocycles. The van der Waals surface area contributed by atoms with E-state index in [9.17, 15) is 10.5 Å². The van der Waals surface area contributed by atoms with Crippen LogP contribution in [0.1, 0.15) is 33.4 Å². The van der Waals surface area contributed by atoms with Gasteiger partial charge in [-0.25, -0.2) is 4.48 Å². The van der Waals surface area contributed by atoms with Crippen LogP contribution in [-0.4, -0.2) is 13.3 Å². The minimum Gasteiger partial charge on any atom is -0.288 e. The zero-order chi connectivity index (χ0) is 30.0. The molecule has 0 bridgehead atoms. The van der Waals surface area contributed by atoms with Crippen LogP contribution in [0.3, 0.4) is 0 Å². The van der Waals surface area contributed by atoms with Crippen LogP contribution in [0.5, 0.6) is 0 Å². The standard InChI is InChI=1S/C39H31N4/c1-27-9-15-32(16-10-27)43(3,31-7-5-4-6-8-31)33-17-12-29(13-18-33)25-42-26-30-14-20-35-37(22-30)39(24-41)34-19-11-28(2)21-36(34)38(35)23-40/h4-22,26H,25H2,1-3H3/q+1. The van der Waals surface area contributed by atoms with Gasteiger partial charge in [0.2, 0.25) is 0 Å². The fourth-order valence-electron chi connectivity index (χ4n) is 5.85. The van der Waals surface area contributed by atoms with Gasteiger partial charge in [-0.15, -0.1) is 0 Å². The largest absolute Gasteiger partial charge is 0.288 e. The third-order valence-corrected chi connectivity index (χ3v) is 8.31. The first-order valence-corrected chi connectivity index (χ1v) is 14.3. The van der Waals surface area contributed by atoms with Gasteiger partial charge in [0.05, 0.1) is 24.7 Å². The Hall–Kier alpha value is -5.55. The maximum Gasteiger partial charge on any atom is 0.142 e. The van der Waals surface area contributed by atoms with Gasteiger partial charge in [-0.05, 0) is 43.2 Å². The van der Waals surface area contributed by atoms with Gasteiger partial charge in [0.1, 0.15) is 29.2 Å². The molecular formula is C39H31N4+. The molecule has 1 atom stereocenters. The molecule has 0 aliphatic rings. The fraction of sp³-hybridized carbons (Fsp3) is 0.103. The van der Waals surface area contributed by atoms with Crippen LogP contribution < -0.4 is 4.48 Å². The number of nitrogens with zero attached hydrogens (tertiary/aromatic N) is 4. The van der Waals surface area contributed by atoms with E-state index in [1.807, 2.05) is 55.6 Å². The second kappa shape index (κ2) is 11.4. The molecule has 0 aliphatic carbocycles. The highest BCUT2D eigenvalue weighted by Crippen LogP contribution is 2.41. The molecule has 0 saturated heterocycles. The zero-order valence-corrected chi connectivity index (χ0v) is 24.5. The molecule has 4 heteroatoms. The summed E-state index contributed by atoms with van der Waals surface area (Å²) in [6, 6.07) is 44.4. The van der Waals surface area contributed by atoms with Crippen LogP contribution >= 0.6 is 0 Å². The van der Waals surface area contributed by atoms with E-state index in [0.717, 1.165) is 43.9 Å². The molecule has 0 fully saturated rings. The minimum absolute atomic E-state index is 0.531. The van der Waals surface area contributed by atoms with E-state index in [1.165, 1.54) is 16.9 Å². The summed E-state index contributed by atoms with van der Waals surface area (Å²) in [5.74, 6) is 0. The Kier molecular flexibility index (Phi) is 7.31. The van der Waals surface area contributed by atoms with E-state index in [4.69, 9.17) is 4.99 Å². The summed E-state index contributed by atoms with van der Waals surface area (Å²) in [6.45, 7) is 4.64. The number of aliphatic imine (C=N–C) groups is 1. The highest BCUT2D eigenvalue weighted by molar-refractivity contribution is 6.10. The lowest BCUT2D eigenvalue weighted by atomic mass is 9.91. The van der Waals surface area contributed by atoms with Crippen molar-refractivity contribution in [3.8, 4) is 12.1 Å². The Morgan fingerprint density at radius 1 is 0.605 bits per heavy atom. The summed E-state index contributed by atoms with van der Waals surface area (Å²) in [6.07, 6.45) is 1.84. The molecule has 0 N–H and O–H groups in total. The van der Waals surface area contributed by atoms with Crippen molar-refractivity contribution >= 4 is 44.8 Å². The summed E-state index contributed by atoms with van der Waals surface area (Å²) in [5.41, 5.74) is 9.02. The number of aryl methyl sites for hydroxylation is 2. The van der Waals surface area contributed by atoms with Crippen molar-refractivity contribution < 1.29 is 0 Å². The molecule has 6 aromatic rings. The van der Waals surface area contributed by atoms with Crippen LogP contribution in [0.15, 0.2) is 120 Å². The van der Waals surface area contributed by atoms with Crippen molar-refractivity contribution in [1.29, 1.82) is 10.5 Å². The predicted octanol–water partition coefficient (Wildman–Crippen LogP) is 9.57. The van der Waals surface area contributed by atoms with Crippen LogP contribution in [-0.2, 0) is 6.54 Å². The van der Waals surface area contributed by atoms with E-state index < -0.39 is 0 Å². The van der Waals surface area contributed by atoms with Crippen LogP contribution in [0.4, 0.5) is 17.1 Å². The van der Waals surface area contributed by atoms with Crippen molar-refractivity contribution in [2.24, 2.45) is 4.99 Å². The Morgan fingerprint density at radius 2 is 1.14 bits per heavy atom. The minimum atomic E-state index is 0.531. The number of para-hydroxylation sites is 1. The van der Waals surface area contributed by atoms with Crippen molar-refractivity contribution in [3.63, 3.8) is 0 Å². The van der Waals surface area contributed by atoms with Gasteiger partial charge in [0, 0.05) is 52.0 Å². The summed E-state index contributed by atoms with van der Waals surface area (Å²) in [5, 5.41) is 23.2. The SMILES string of the molecule is Cc1ccc([N+](C)(c2ccccc2)c2ccc(CN=Cc3ccc4c(C#N)c5cc(C)ccc5c(C#N)c4c3)cc2)cc1. The molecule has 6 rings (SSSR count). The van der Waals surface area contributed by atoms with E-state index in [2.05, 4.69) is 98.9 Å². The smallest absolute Gasteiger partial charge is 0.142 e. The van der Waals surface area contributed by atoms with Gasteiger partial charge in [-0.3, -0.25) is 4.99 Å². The average Bonchev–Trinajstić information content (AvgIpc) is 3.04. The predicted molar refractivity (Wildman–Crippen MR) is 178 cm³/mol. The molecule has 4 nitrogen and oxygen atoms in total. The number of nitriles is 2. The van der Waals surface area contributed by atoms with Crippen molar-refractivity contribution in [3.05, 3.63) is 149 Å². The van der Waals surface area contributed by atoms with E-state index in [0.29, 0.717) is 22.2 Å². The zero-order valence-electron chi connectivity index (χ0n) is 24.5. The van der Waals surface area contributed by atoms with Crippen LogP contribution in [0.25, 0.3) is 21.5 Å². The van der Waals surface area contributed by atoms with E-state index >= 15 is 0 Å². The van der Waals surface area contributed by atoms with E-state index in [-0.39, 0.29) is 0 Å². The molecule has 43 heavy (non-hydrogen) atoms. The second-order valence-electron chi connectivity index (χ2n) is 11.1. The first kappa shape index (κ1) is 27.6. The molecule has 206 valence electrons. The molecule has 6 aromatic carbocycles. The summed E-state index contributed by atoms with van der Waals surface area (Å²) < 4.78 is 0.557. The van der Waals surface area contributed by atoms with Gasteiger partial charge in [-0.1, -0.05) is 83.9 Å². The molecular weight excluding hydrogens is 524 g/mol. The third kappa shape index (κ3) is 5.06. The highest BCUT2D eigenvalue weighted by atomic mass is 15.3. The van der Waals surface area contributed by atoms with Crippen LogP contribution in [0, 0.1) is 36.5 Å². The highest BCUT2D eigenvalue weighted by Gasteiger charge is 2.31. The molecule has 0 amide bonds. The summed E-state index contributed by atoms with van der Waals surface area (Å²) in [4.78, 5) is 4.73. The topological polar surface area (TPSA) is 59.9 Å². The first-order valence-electron chi connectivity index (χ1n) is 14.3. The summed E-state index contributed by atoms with van der Waals surface area (Å²) >= 11 is 0. The molecule has 0 saturated carbocycles. The van der Waals surface area contributed by atoms with Gasteiger partial charge < -0.3 is 0 Å². The Labute approximate surface area is 252 Å². The third-order valence-electron chi connectivity index (χ3n) is 8.31. The van der Waals surface area contributed by atoms with E-state index in [1.54, 1.807) is 0 Å². The normalized spacial score (nSPS) is 12.7. The monoisotopic (exact) mass is 555 g/mol. The number of quaternary nitrogens is 1. The van der Waals surface area contributed by atoms with Gasteiger partial charge >= 0.3 is 0 Å². The number of hydrogen-bond donors (Lipinski definition) is 0. The summed E-state index contributed by atoms with van der Waals surface area (Å²) in [7, 11) is 2.23. The van der Waals surface area contributed by atoms with Crippen molar-refractivity contribution in [2.75, 3.05) is 7.05 Å². The van der Waals surface area contributed by atoms with Crippen molar-refractivity contribution in [1.82, 2.24) is 4.48 Å². The maximum absolute atomic E-state index is 10.1. The number of fused-ring (bicyclic) bond motifs is 2. The lowest BCUT2D eigenvalue weighted by molar-refractivity contribution is 0.627. The maximum atomic E-state index is 10.1. The molecule has 1 unspecified atom stereocenters. The first-order chi connectivity index (χ1) is 20.9. The lowest BCUT2D eigenvalue weighted by Gasteiger charge is -2.33. The molecule has 0 radical (unpaired) electrons.